The summed E-state index contributed by atoms with van der Waals surface area (Å²) in [7, 11) is 0. The van der Waals surface area contributed by atoms with Gasteiger partial charge in [0.25, 0.3) is 5.91 Å². The molecular formula is C13H18FN3O2. The first-order chi connectivity index (χ1) is 9.13. The van der Waals surface area contributed by atoms with Crippen LogP contribution in [0.3, 0.4) is 0 Å². The summed E-state index contributed by atoms with van der Waals surface area (Å²) in [4.78, 5) is 22.7. The van der Waals surface area contributed by atoms with E-state index >= 15 is 0 Å². The molecule has 5 nitrogen and oxygen atoms in total. The van der Waals surface area contributed by atoms with E-state index in [-0.39, 0.29) is 17.6 Å². The molecule has 4 N–H and O–H groups in total. The maximum absolute atomic E-state index is 12.7. The molecule has 0 heterocycles. The van der Waals surface area contributed by atoms with Crippen molar-refractivity contribution in [2.45, 2.75) is 12.8 Å². The normalized spacial score (nSPS) is 10.0. The van der Waals surface area contributed by atoms with E-state index in [2.05, 4.69) is 10.6 Å². The van der Waals surface area contributed by atoms with Gasteiger partial charge in [-0.1, -0.05) is 0 Å². The fourth-order valence-electron chi connectivity index (χ4n) is 1.44. The Morgan fingerprint density at radius 2 is 1.74 bits per heavy atom. The maximum Gasteiger partial charge on any atom is 0.251 e. The second kappa shape index (κ2) is 8.20. The van der Waals surface area contributed by atoms with E-state index in [1.54, 1.807) is 0 Å². The lowest BCUT2D eigenvalue weighted by molar-refractivity contribution is -0.120. The predicted molar refractivity (Wildman–Crippen MR) is 70.0 cm³/mol. The Kier molecular flexibility index (Phi) is 6.52. The molecule has 0 saturated carbocycles. The van der Waals surface area contributed by atoms with Gasteiger partial charge in [-0.15, -0.1) is 0 Å². The molecule has 0 unspecified atom stereocenters. The van der Waals surface area contributed by atoms with Crippen molar-refractivity contribution in [1.82, 2.24) is 10.6 Å². The number of halogens is 1. The van der Waals surface area contributed by atoms with E-state index in [4.69, 9.17) is 5.73 Å². The topological polar surface area (TPSA) is 84.2 Å². The van der Waals surface area contributed by atoms with Gasteiger partial charge in [-0.3, -0.25) is 9.59 Å². The third-order valence-corrected chi connectivity index (χ3v) is 2.44. The molecular weight excluding hydrogens is 249 g/mol. The van der Waals surface area contributed by atoms with Crippen molar-refractivity contribution in [2.75, 3.05) is 19.6 Å². The van der Waals surface area contributed by atoms with Crippen LogP contribution in [0.4, 0.5) is 4.39 Å². The number of hydrogen-bond acceptors (Lipinski definition) is 3. The number of nitrogens with one attached hydrogen (secondary N) is 2. The van der Waals surface area contributed by atoms with E-state index in [9.17, 15) is 14.0 Å². The van der Waals surface area contributed by atoms with Crippen LogP contribution >= 0.6 is 0 Å². The summed E-state index contributed by atoms with van der Waals surface area (Å²) in [5.74, 6) is -0.722. The first kappa shape index (κ1) is 15.1. The number of benzene rings is 1. The third-order valence-electron chi connectivity index (χ3n) is 2.44. The highest BCUT2D eigenvalue weighted by Crippen LogP contribution is 2.02. The Morgan fingerprint density at radius 3 is 2.37 bits per heavy atom. The lowest BCUT2D eigenvalue weighted by Crippen LogP contribution is -2.30. The van der Waals surface area contributed by atoms with Gasteiger partial charge in [0.2, 0.25) is 5.91 Å². The fraction of sp³-hybridized carbons (Fsp3) is 0.385. The lowest BCUT2D eigenvalue weighted by atomic mass is 10.2. The zero-order chi connectivity index (χ0) is 14.1. The zero-order valence-corrected chi connectivity index (χ0v) is 10.6. The van der Waals surface area contributed by atoms with Crippen LogP contribution in [0.1, 0.15) is 23.2 Å². The molecule has 0 aromatic heterocycles. The number of nitrogens with two attached hydrogens (primary N) is 1. The minimum absolute atomic E-state index is 0.0904. The molecule has 0 bridgehead atoms. The third kappa shape index (κ3) is 5.96. The molecule has 0 aliphatic heterocycles. The molecule has 2 amide bonds. The maximum atomic E-state index is 12.7. The Labute approximate surface area is 111 Å². The Morgan fingerprint density at radius 1 is 1.11 bits per heavy atom. The van der Waals surface area contributed by atoms with Crippen molar-refractivity contribution in [1.29, 1.82) is 0 Å². The molecule has 1 rings (SSSR count). The minimum atomic E-state index is -0.376. The summed E-state index contributed by atoms with van der Waals surface area (Å²) < 4.78 is 12.7. The number of carbonyl (C=O) groups is 2. The molecule has 104 valence electrons. The molecule has 0 radical (unpaired) electrons. The van der Waals surface area contributed by atoms with Gasteiger partial charge >= 0.3 is 0 Å². The van der Waals surface area contributed by atoms with Gasteiger partial charge in [0.1, 0.15) is 5.82 Å². The molecule has 0 saturated heterocycles. The average molecular weight is 267 g/mol. The second-order valence-electron chi connectivity index (χ2n) is 4.00. The van der Waals surface area contributed by atoms with Crippen LogP contribution < -0.4 is 16.4 Å². The Bertz CT molecular complexity index is 420. The van der Waals surface area contributed by atoms with Crippen LogP contribution in [0.5, 0.6) is 0 Å². The van der Waals surface area contributed by atoms with E-state index in [0.29, 0.717) is 38.0 Å². The smallest absolute Gasteiger partial charge is 0.251 e. The minimum Gasteiger partial charge on any atom is -0.356 e. The quantitative estimate of drug-likeness (QED) is 0.626. The zero-order valence-electron chi connectivity index (χ0n) is 10.6. The summed E-state index contributed by atoms with van der Waals surface area (Å²) in [5, 5.41) is 5.37. The van der Waals surface area contributed by atoms with Crippen molar-refractivity contribution < 1.29 is 14.0 Å². The van der Waals surface area contributed by atoms with Gasteiger partial charge in [-0.25, -0.2) is 4.39 Å². The number of rotatable bonds is 7. The highest BCUT2D eigenvalue weighted by molar-refractivity contribution is 5.94. The molecule has 19 heavy (non-hydrogen) atoms. The molecule has 0 fully saturated rings. The van der Waals surface area contributed by atoms with Gasteiger partial charge < -0.3 is 16.4 Å². The van der Waals surface area contributed by atoms with Crippen molar-refractivity contribution in [3.05, 3.63) is 35.6 Å². The molecule has 0 aliphatic rings. The van der Waals surface area contributed by atoms with Crippen molar-refractivity contribution >= 4 is 11.8 Å². The highest BCUT2D eigenvalue weighted by atomic mass is 19.1. The average Bonchev–Trinajstić information content (AvgIpc) is 2.39. The van der Waals surface area contributed by atoms with Crippen molar-refractivity contribution in [3.8, 4) is 0 Å². The predicted octanol–water partition coefficient (Wildman–Crippen LogP) is 0.411. The molecule has 1 aromatic carbocycles. The standard InChI is InChI=1S/C13H18FN3O2/c14-11-4-2-10(3-5-11)13(19)17-9-1-8-16-12(18)6-7-15/h2-5H,1,6-9,15H2,(H,16,18)(H,17,19). The summed E-state index contributed by atoms with van der Waals surface area (Å²) in [6.45, 7) is 1.26. The van der Waals surface area contributed by atoms with Crippen LogP contribution in [-0.4, -0.2) is 31.4 Å². The van der Waals surface area contributed by atoms with E-state index in [0.717, 1.165) is 0 Å². The fourth-order valence-corrected chi connectivity index (χ4v) is 1.44. The summed E-state index contributed by atoms with van der Waals surface area (Å²) in [6.07, 6.45) is 0.936. The van der Waals surface area contributed by atoms with Crippen LogP contribution in [0.2, 0.25) is 0 Å². The largest absolute Gasteiger partial charge is 0.356 e. The molecule has 6 heteroatoms. The molecule has 0 spiro atoms. The van der Waals surface area contributed by atoms with Gasteiger partial charge in [-0.05, 0) is 30.7 Å². The van der Waals surface area contributed by atoms with Crippen LogP contribution in [-0.2, 0) is 4.79 Å². The second-order valence-corrected chi connectivity index (χ2v) is 4.00. The number of amides is 2. The number of hydrogen-bond donors (Lipinski definition) is 3. The molecule has 0 aliphatic carbocycles. The SMILES string of the molecule is NCCC(=O)NCCCNC(=O)c1ccc(F)cc1. The first-order valence-electron chi connectivity index (χ1n) is 6.14. The van der Waals surface area contributed by atoms with Crippen LogP contribution in [0.25, 0.3) is 0 Å². The molecule has 1 aromatic rings. The van der Waals surface area contributed by atoms with Gasteiger partial charge in [0.05, 0.1) is 0 Å². The molecule has 0 atom stereocenters. The summed E-state index contributed by atoms with van der Waals surface area (Å²) >= 11 is 0. The van der Waals surface area contributed by atoms with E-state index < -0.39 is 0 Å². The number of carbonyl (C=O) groups excluding carboxylic acids is 2. The van der Waals surface area contributed by atoms with Gasteiger partial charge in [-0.2, -0.15) is 0 Å². The summed E-state index contributed by atoms with van der Waals surface area (Å²) in [6, 6.07) is 5.32. The first-order valence-corrected chi connectivity index (χ1v) is 6.14. The van der Waals surface area contributed by atoms with E-state index in [1.807, 2.05) is 0 Å². The van der Waals surface area contributed by atoms with Crippen molar-refractivity contribution in [2.24, 2.45) is 5.73 Å². The van der Waals surface area contributed by atoms with Crippen LogP contribution in [0.15, 0.2) is 24.3 Å². The monoisotopic (exact) mass is 267 g/mol. The van der Waals surface area contributed by atoms with Gasteiger partial charge in [0.15, 0.2) is 0 Å². The Hall–Kier alpha value is -1.95. The lowest BCUT2D eigenvalue weighted by Gasteiger charge is -2.06. The Balaban J connectivity index is 2.17. The van der Waals surface area contributed by atoms with Gasteiger partial charge in [0, 0.05) is 31.6 Å². The summed E-state index contributed by atoms with van der Waals surface area (Å²) in [5.41, 5.74) is 5.64. The van der Waals surface area contributed by atoms with Crippen molar-refractivity contribution in [3.63, 3.8) is 0 Å². The van der Waals surface area contributed by atoms with Crippen LogP contribution in [0, 0.1) is 5.82 Å². The highest BCUT2D eigenvalue weighted by Gasteiger charge is 2.04. The van der Waals surface area contributed by atoms with E-state index in [1.165, 1.54) is 24.3 Å².